The zero-order chi connectivity index (χ0) is 27.9. The summed E-state index contributed by atoms with van der Waals surface area (Å²) in [4.78, 5) is 28.4. The molecule has 1 N–H and O–H groups in total. The molecule has 0 saturated heterocycles. The van der Waals surface area contributed by atoms with Crippen molar-refractivity contribution < 1.29 is 18.0 Å². The van der Waals surface area contributed by atoms with Gasteiger partial charge in [-0.25, -0.2) is 8.42 Å². The molecule has 38 heavy (non-hydrogen) atoms. The molecular weight excluding hydrogens is 634 g/mol. The van der Waals surface area contributed by atoms with Gasteiger partial charge in [0.15, 0.2) is 0 Å². The molecule has 0 aliphatic rings. The predicted molar refractivity (Wildman–Crippen MR) is 157 cm³/mol. The van der Waals surface area contributed by atoms with E-state index in [2.05, 4.69) is 37.2 Å². The van der Waals surface area contributed by atoms with Gasteiger partial charge in [0.2, 0.25) is 11.8 Å². The molecule has 202 valence electrons. The fourth-order valence-electron chi connectivity index (χ4n) is 3.71. The van der Waals surface area contributed by atoms with Crippen molar-refractivity contribution in [3.8, 4) is 0 Å². The number of rotatable bonds is 11. The molecule has 7 nitrogen and oxygen atoms in total. The van der Waals surface area contributed by atoms with Gasteiger partial charge in [-0.3, -0.25) is 13.9 Å². The summed E-state index contributed by atoms with van der Waals surface area (Å²) in [5, 5.41) is 2.93. The van der Waals surface area contributed by atoms with E-state index >= 15 is 0 Å². The van der Waals surface area contributed by atoms with Crippen molar-refractivity contribution in [2.75, 3.05) is 10.8 Å². The smallest absolute Gasteiger partial charge is 0.264 e. The summed E-state index contributed by atoms with van der Waals surface area (Å²) in [6, 6.07) is 21.3. The van der Waals surface area contributed by atoms with Crippen LogP contribution in [-0.4, -0.2) is 43.8 Å². The largest absolute Gasteiger partial charge is 0.352 e. The first-order valence-electron chi connectivity index (χ1n) is 12.2. The Morgan fingerprint density at radius 2 is 1.55 bits per heavy atom. The maximum atomic E-state index is 13.9. The highest BCUT2D eigenvalue weighted by Crippen LogP contribution is 2.27. The fourth-order valence-corrected chi connectivity index (χ4v) is 5.79. The van der Waals surface area contributed by atoms with E-state index < -0.39 is 28.5 Å². The summed E-state index contributed by atoms with van der Waals surface area (Å²) in [6.45, 7) is 5.17. The van der Waals surface area contributed by atoms with Gasteiger partial charge in [0.1, 0.15) is 12.6 Å². The van der Waals surface area contributed by atoms with Crippen LogP contribution in [0.4, 0.5) is 5.69 Å². The molecule has 0 bridgehead atoms. The molecule has 0 aliphatic carbocycles. The maximum absolute atomic E-state index is 13.9. The summed E-state index contributed by atoms with van der Waals surface area (Å²) in [5.41, 5.74) is 1.14. The topological polar surface area (TPSA) is 86.8 Å². The van der Waals surface area contributed by atoms with E-state index in [9.17, 15) is 18.0 Å². The van der Waals surface area contributed by atoms with Crippen molar-refractivity contribution in [1.82, 2.24) is 10.2 Å². The zero-order valence-corrected chi connectivity index (χ0v) is 25.5. The summed E-state index contributed by atoms with van der Waals surface area (Å²) in [7, 11) is -4.09. The Labute approximate surface area is 241 Å². The number of anilines is 1. The summed E-state index contributed by atoms with van der Waals surface area (Å²) in [6.07, 6.45) is 0.741. The van der Waals surface area contributed by atoms with Crippen LogP contribution in [0.15, 0.2) is 92.7 Å². The molecule has 2 amide bonds. The third-order valence-electron chi connectivity index (χ3n) is 6.14. The fraction of sp³-hybridized carbons (Fsp3) is 0.286. The van der Waals surface area contributed by atoms with Crippen LogP contribution in [-0.2, 0) is 26.2 Å². The number of nitrogens with zero attached hydrogens (tertiary/aromatic N) is 2. The van der Waals surface area contributed by atoms with Gasteiger partial charge < -0.3 is 10.2 Å². The van der Waals surface area contributed by atoms with Crippen molar-refractivity contribution in [1.29, 1.82) is 0 Å². The zero-order valence-electron chi connectivity index (χ0n) is 21.5. The lowest BCUT2D eigenvalue weighted by Gasteiger charge is -2.32. The number of nitrogens with one attached hydrogen (secondary N) is 1. The van der Waals surface area contributed by atoms with Gasteiger partial charge in [0.05, 0.1) is 10.6 Å². The molecule has 0 fully saturated rings. The van der Waals surface area contributed by atoms with Crippen molar-refractivity contribution in [3.63, 3.8) is 0 Å². The lowest BCUT2D eigenvalue weighted by molar-refractivity contribution is -0.139. The molecule has 3 rings (SSSR count). The second-order valence-electron chi connectivity index (χ2n) is 8.95. The molecule has 0 heterocycles. The molecule has 0 radical (unpaired) electrons. The number of carbonyl (C=O) groups is 2. The standard InChI is InChI=1S/C28H31Br2N3O4S/c1-4-20(2)31-28(35)21(3)32(18-22-13-15-23(29)16-14-22)27(34)19-33(25-10-8-9-24(30)17-25)38(36,37)26-11-6-5-7-12-26/h5-17,20-21H,4,18-19H2,1-3H3,(H,31,35). The van der Waals surface area contributed by atoms with Crippen molar-refractivity contribution in [2.45, 2.75) is 50.7 Å². The van der Waals surface area contributed by atoms with Crippen molar-refractivity contribution in [3.05, 3.63) is 93.4 Å². The summed E-state index contributed by atoms with van der Waals surface area (Å²) in [5.74, 6) is -0.802. The molecule has 0 aliphatic heterocycles. The monoisotopic (exact) mass is 663 g/mol. The van der Waals surface area contributed by atoms with Crippen molar-refractivity contribution in [2.24, 2.45) is 0 Å². The SMILES string of the molecule is CCC(C)NC(=O)C(C)N(Cc1ccc(Br)cc1)C(=O)CN(c1cccc(Br)c1)S(=O)(=O)c1ccccc1. The molecule has 3 aromatic carbocycles. The summed E-state index contributed by atoms with van der Waals surface area (Å²) >= 11 is 6.81. The second kappa shape index (κ2) is 13.4. The average Bonchev–Trinajstić information content (AvgIpc) is 2.91. The number of hydrogen-bond acceptors (Lipinski definition) is 4. The van der Waals surface area contributed by atoms with E-state index in [1.807, 2.05) is 38.1 Å². The third kappa shape index (κ3) is 7.68. The number of sulfonamides is 1. The van der Waals surface area contributed by atoms with Crippen molar-refractivity contribution >= 4 is 59.4 Å². The molecule has 10 heteroatoms. The quantitative estimate of drug-likeness (QED) is 0.283. The van der Waals surface area contributed by atoms with E-state index in [1.165, 1.54) is 17.0 Å². The molecule has 0 spiro atoms. The first-order valence-corrected chi connectivity index (χ1v) is 15.2. The molecule has 3 aromatic rings. The van der Waals surface area contributed by atoms with Crippen LogP contribution in [0.2, 0.25) is 0 Å². The number of amides is 2. The van der Waals surface area contributed by atoms with Crippen LogP contribution in [0.5, 0.6) is 0 Å². The Morgan fingerprint density at radius 1 is 0.895 bits per heavy atom. The highest BCUT2D eigenvalue weighted by atomic mass is 79.9. The van der Waals surface area contributed by atoms with Crippen LogP contribution in [0.3, 0.4) is 0 Å². The minimum absolute atomic E-state index is 0.0637. The normalized spacial score (nSPS) is 12.9. The van der Waals surface area contributed by atoms with Crippen LogP contribution in [0.25, 0.3) is 0 Å². The second-order valence-corrected chi connectivity index (χ2v) is 12.6. The number of carbonyl (C=O) groups excluding carboxylic acids is 2. The van der Waals surface area contributed by atoms with E-state index in [1.54, 1.807) is 49.4 Å². The van der Waals surface area contributed by atoms with Gasteiger partial charge in [-0.2, -0.15) is 0 Å². The lowest BCUT2D eigenvalue weighted by atomic mass is 10.1. The van der Waals surface area contributed by atoms with Gasteiger partial charge in [-0.05, 0) is 68.3 Å². The van der Waals surface area contributed by atoms with Gasteiger partial charge in [0.25, 0.3) is 10.0 Å². The van der Waals surface area contributed by atoms with Crippen LogP contribution >= 0.6 is 31.9 Å². The van der Waals surface area contributed by atoms with E-state index in [0.29, 0.717) is 10.2 Å². The molecule has 0 aromatic heterocycles. The highest BCUT2D eigenvalue weighted by molar-refractivity contribution is 9.10. The van der Waals surface area contributed by atoms with Crippen LogP contribution in [0, 0.1) is 0 Å². The summed E-state index contributed by atoms with van der Waals surface area (Å²) < 4.78 is 30.1. The van der Waals surface area contributed by atoms with Gasteiger partial charge in [-0.1, -0.05) is 75.2 Å². The van der Waals surface area contributed by atoms with Gasteiger partial charge in [0, 0.05) is 21.5 Å². The Hall–Kier alpha value is -2.69. The molecule has 2 atom stereocenters. The Kier molecular flexibility index (Phi) is 10.5. The molecule has 0 saturated carbocycles. The van der Waals surface area contributed by atoms with E-state index in [0.717, 1.165) is 20.8 Å². The Bertz CT molecular complexity index is 1350. The predicted octanol–water partition coefficient (Wildman–Crippen LogP) is 5.74. The number of hydrogen-bond donors (Lipinski definition) is 1. The Balaban J connectivity index is 2.01. The minimum atomic E-state index is -4.09. The van der Waals surface area contributed by atoms with Crippen LogP contribution in [0.1, 0.15) is 32.8 Å². The maximum Gasteiger partial charge on any atom is 0.264 e. The number of benzene rings is 3. The Morgan fingerprint density at radius 3 is 2.16 bits per heavy atom. The number of halogens is 2. The van der Waals surface area contributed by atoms with Gasteiger partial charge >= 0.3 is 0 Å². The molecule has 2 unspecified atom stereocenters. The molecular formula is C28H31Br2N3O4S. The minimum Gasteiger partial charge on any atom is -0.352 e. The third-order valence-corrected chi connectivity index (χ3v) is 8.95. The van der Waals surface area contributed by atoms with E-state index in [-0.39, 0.29) is 23.4 Å². The van der Waals surface area contributed by atoms with Gasteiger partial charge in [-0.15, -0.1) is 0 Å². The first kappa shape index (κ1) is 29.9. The lowest BCUT2D eigenvalue weighted by Crippen LogP contribution is -2.52. The van der Waals surface area contributed by atoms with Crippen LogP contribution < -0.4 is 9.62 Å². The average molecular weight is 665 g/mol. The highest BCUT2D eigenvalue weighted by Gasteiger charge is 2.32. The van der Waals surface area contributed by atoms with E-state index in [4.69, 9.17) is 0 Å². The first-order chi connectivity index (χ1) is 18.0.